The fourth-order valence-corrected chi connectivity index (χ4v) is 2.95. The number of halogens is 1. The highest BCUT2D eigenvalue weighted by atomic mass is 127. The molecule has 130 valence electrons. The van der Waals surface area contributed by atoms with Crippen molar-refractivity contribution in [3.05, 3.63) is 35.9 Å². The van der Waals surface area contributed by atoms with Crippen LogP contribution in [0.25, 0.3) is 0 Å². The molecule has 1 heterocycles. The van der Waals surface area contributed by atoms with Crippen LogP contribution < -0.4 is 5.32 Å². The van der Waals surface area contributed by atoms with Crippen LogP contribution in [0.4, 0.5) is 0 Å². The minimum atomic E-state index is 0. The fourth-order valence-electron chi connectivity index (χ4n) is 2.95. The number of rotatable bonds is 5. The van der Waals surface area contributed by atoms with Gasteiger partial charge in [0.15, 0.2) is 5.96 Å². The molecule has 1 aromatic rings. The number of likely N-dealkylation sites (tertiary alicyclic amines) is 1. The lowest BCUT2D eigenvalue weighted by atomic mass is 10.0. The van der Waals surface area contributed by atoms with Crippen LogP contribution in [-0.4, -0.2) is 50.3 Å². The molecule has 1 unspecified atom stereocenters. The summed E-state index contributed by atoms with van der Waals surface area (Å²) in [5.41, 5.74) is 1.36. The SMILES string of the molecule is CCOC1CCN(C(=NC)NCC(C)c2ccccc2)CC1.I. The number of nitrogens with one attached hydrogen (secondary N) is 1. The van der Waals surface area contributed by atoms with Crippen molar-refractivity contribution in [3.8, 4) is 0 Å². The first-order chi connectivity index (χ1) is 10.7. The molecule has 4 nitrogen and oxygen atoms in total. The Morgan fingerprint density at radius 2 is 1.96 bits per heavy atom. The van der Waals surface area contributed by atoms with E-state index in [2.05, 4.69) is 59.4 Å². The molecule has 1 fully saturated rings. The van der Waals surface area contributed by atoms with E-state index >= 15 is 0 Å². The van der Waals surface area contributed by atoms with Crippen molar-refractivity contribution in [1.82, 2.24) is 10.2 Å². The topological polar surface area (TPSA) is 36.9 Å². The fraction of sp³-hybridized carbons (Fsp3) is 0.611. The highest BCUT2D eigenvalue weighted by Crippen LogP contribution is 2.15. The predicted octanol–water partition coefficient (Wildman–Crippen LogP) is 3.48. The minimum Gasteiger partial charge on any atom is -0.378 e. The van der Waals surface area contributed by atoms with Gasteiger partial charge in [0.25, 0.3) is 0 Å². The molecule has 2 rings (SSSR count). The van der Waals surface area contributed by atoms with Gasteiger partial charge in [-0.15, -0.1) is 24.0 Å². The van der Waals surface area contributed by atoms with Gasteiger partial charge in [0.2, 0.25) is 0 Å². The normalized spacial score (nSPS) is 17.5. The zero-order valence-electron chi connectivity index (χ0n) is 14.5. The van der Waals surface area contributed by atoms with E-state index in [0.29, 0.717) is 12.0 Å². The number of hydrogen-bond acceptors (Lipinski definition) is 2. The van der Waals surface area contributed by atoms with Crippen molar-refractivity contribution in [3.63, 3.8) is 0 Å². The maximum atomic E-state index is 5.71. The second kappa shape index (κ2) is 10.9. The number of aliphatic imine (C=N–C) groups is 1. The van der Waals surface area contributed by atoms with Crippen LogP contribution in [-0.2, 0) is 4.74 Å². The summed E-state index contributed by atoms with van der Waals surface area (Å²) in [5.74, 6) is 1.48. The summed E-state index contributed by atoms with van der Waals surface area (Å²) in [6.45, 7) is 8.07. The lowest BCUT2D eigenvalue weighted by Gasteiger charge is -2.34. The summed E-state index contributed by atoms with van der Waals surface area (Å²) in [6, 6.07) is 10.6. The maximum absolute atomic E-state index is 5.71. The minimum absolute atomic E-state index is 0. The molecule has 0 amide bonds. The first-order valence-electron chi connectivity index (χ1n) is 8.36. The zero-order chi connectivity index (χ0) is 15.8. The third kappa shape index (κ3) is 6.30. The second-order valence-corrected chi connectivity index (χ2v) is 5.88. The molecule has 1 atom stereocenters. The average Bonchev–Trinajstić information content (AvgIpc) is 2.57. The molecule has 5 heteroatoms. The monoisotopic (exact) mass is 431 g/mol. The molecule has 0 spiro atoms. The summed E-state index contributed by atoms with van der Waals surface area (Å²) >= 11 is 0. The lowest BCUT2D eigenvalue weighted by Crippen LogP contribution is -2.47. The van der Waals surface area contributed by atoms with Crippen LogP contribution in [0.15, 0.2) is 35.3 Å². The molecule has 0 radical (unpaired) electrons. The van der Waals surface area contributed by atoms with Gasteiger partial charge in [-0.1, -0.05) is 37.3 Å². The highest BCUT2D eigenvalue weighted by Gasteiger charge is 2.21. The Balaban J connectivity index is 0.00000264. The molecule has 0 aliphatic carbocycles. The van der Waals surface area contributed by atoms with Crippen molar-refractivity contribution in [2.24, 2.45) is 4.99 Å². The van der Waals surface area contributed by atoms with Crippen molar-refractivity contribution >= 4 is 29.9 Å². The molecular weight excluding hydrogens is 401 g/mol. The van der Waals surface area contributed by atoms with Crippen molar-refractivity contribution in [2.45, 2.75) is 38.7 Å². The van der Waals surface area contributed by atoms with Crippen LogP contribution in [0.2, 0.25) is 0 Å². The van der Waals surface area contributed by atoms with Crippen molar-refractivity contribution in [2.75, 3.05) is 33.3 Å². The van der Waals surface area contributed by atoms with Gasteiger partial charge in [0.05, 0.1) is 6.10 Å². The highest BCUT2D eigenvalue weighted by molar-refractivity contribution is 14.0. The predicted molar refractivity (Wildman–Crippen MR) is 108 cm³/mol. The molecule has 0 saturated carbocycles. The summed E-state index contributed by atoms with van der Waals surface area (Å²) in [5, 5.41) is 3.52. The molecule has 0 aromatic heterocycles. The van der Waals surface area contributed by atoms with Gasteiger partial charge in [-0.05, 0) is 31.2 Å². The molecule has 1 aromatic carbocycles. The Hall–Kier alpha value is -0.820. The summed E-state index contributed by atoms with van der Waals surface area (Å²) in [6.07, 6.45) is 2.59. The summed E-state index contributed by atoms with van der Waals surface area (Å²) in [7, 11) is 1.87. The second-order valence-electron chi connectivity index (χ2n) is 5.88. The van der Waals surface area contributed by atoms with Gasteiger partial charge >= 0.3 is 0 Å². The largest absolute Gasteiger partial charge is 0.378 e. The van der Waals surface area contributed by atoms with Gasteiger partial charge in [-0.2, -0.15) is 0 Å². The van der Waals surface area contributed by atoms with Crippen LogP contribution in [0.3, 0.4) is 0 Å². The molecule has 1 aliphatic rings. The smallest absolute Gasteiger partial charge is 0.193 e. The van der Waals surface area contributed by atoms with E-state index in [0.717, 1.165) is 45.0 Å². The van der Waals surface area contributed by atoms with Gasteiger partial charge in [0, 0.05) is 33.3 Å². The number of ether oxygens (including phenoxy) is 1. The Labute approximate surface area is 157 Å². The van der Waals surface area contributed by atoms with Gasteiger partial charge in [0.1, 0.15) is 0 Å². The number of benzene rings is 1. The van der Waals surface area contributed by atoms with E-state index < -0.39 is 0 Å². The van der Waals surface area contributed by atoms with Crippen molar-refractivity contribution in [1.29, 1.82) is 0 Å². The third-order valence-corrected chi connectivity index (χ3v) is 4.29. The zero-order valence-corrected chi connectivity index (χ0v) is 16.8. The van der Waals surface area contributed by atoms with E-state index in [1.807, 2.05) is 7.05 Å². The van der Waals surface area contributed by atoms with Gasteiger partial charge < -0.3 is 15.0 Å². The molecule has 1 N–H and O–H groups in total. The molecule has 23 heavy (non-hydrogen) atoms. The Morgan fingerprint density at radius 3 is 2.52 bits per heavy atom. The average molecular weight is 431 g/mol. The van der Waals surface area contributed by atoms with Crippen LogP contribution in [0.1, 0.15) is 38.2 Å². The quantitative estimate of drug-likeness (QED) is 0.441. The van der Waals surface area contributed by atoms with E-state index in [1.165, 1.54) is 5.56 Å². The van der Waals surface area contributed by atoms with Crippen molar-refractivity contribution < 1.29 is 4.74 Å². The summed E-state index contributed by atoms with van der Waals surface area (Å²) < 4.78 is 5.71. The first-order valence-corrected chi connectivity index (χ1v) is 8.36. The number of guanidine groups is 1. The third-order valence-electron chi connectivity index (χ3n) is 4.29. The molecular formula is C18H30IN3O. The van der Waals surface area contributed by atoms with Crippen LogP contribution in [0.5, 0.6) is 0 Å². The lowest BCUT2D eigenvalue weighted by molar-refractivity contribution is 0.0264. The molecule has 0 bridgehead atoms. The maximum Gasteiger partial charge on any atom is 0.193 e. The standard InChI is InChI=1S/C18H29N3O.HI/c1-4-22-17-10-12-21(13-11-17)18(19-3)20-14-15(2)16-8-6-5-7-9-16;/h5-9,15,17H,4,10-14H2,1-3H3,(H,19,20);1H. The van der Waals surface area contributed by atoms with E-state index in [4.69, 9.17) is 4.74 Å². The first kappa shape index (κ1) is 20.2. The molecule has 1 saturated heterocycles. The summed E-state index contributed by atoms with van der Waals surface area (Å²) in [4.78, 5) is 6.78. The van der Waals surface area contributed by atoms with E-state index in [1.54, 1.807) is 0 Å². The van der Waals surface area contributed by atoms with E-state index in [9.17, 15) is 0 Å². The van der Waals surface area contributed by atoms with Crippen LogP contribution >= 0.6 is 24.0 Å². The Morgan fingerprint density at radius 1 is 1.30 bits per heavy atom. The Bertz CT molecular complexity index is 459. The van der Waals surface area contributed by atoms with Crippen LogP contribution in [0, 0.1) is 0 Å². The number of piperidine rings is 1. The number of nitrogens with zero attached hydrogens (tertiary/aromatic N) is 2. The van der Waals surface area contributed by atoms with Gasteiger partial charge in [-0.3, -0.25) is 4.99 Å². The van der Waals surface area contributed by atoms with E-state index in [-0.39, 0.29) is 24.0 Å². The Kier molecular flexibility index (Phi) is 9.55. The van der Waals surface area contributed by atoms with Gasteiger partial charge in [-0.25, -0.2) is 0 Å². The number of hydrogen-bond donors (Lipinski definition) is 1. The molecule has 1 aliphatic heterocycles.